The van der Waals surface area contributed by atoms with Crippen LogP contribution in [0.1, 0.15) is 0 Å². The average Bonchev–Trinajstić information content (AvgIpc) is 2.67. The lowest BCUT2D eigenvalue weighted by atomic mass is 10.2. The molecule has 0 saturated carbocycles. The predicted octanol–water partition coefficient (Wildman–Crippen LogP) is 0.00360. The minimum Gasteiger partial charge on any atom is -0.379 e. The SMILES string of the molecule is O=C(CNC(=O)NCCS(=O)(=O)N1CCOCC1)Nc1ccc(F)c(F)c1F. The minimum atomic E-state index is -3.54. The molecule has 0 bridgehead atoms. The third kappa shape index (κ3) is 6.07. The van der Waals surface area contributed by atoms with E-state index < -0.39 is 51.6 Å². The number of hydrogen-bond donors (Lipinski definition) is 3. The van der Waals surface area contributed by atoms with Gasteiger partial charge in [-0.15, -0.1) is 0 Å². The van der Waals surface area contributed by atoms with Crippen molar-refractivity contribution >= 4 is 27.6 Å². The fourth-order valence-electron chi connectivity index (χ4n) is 2.29. The van der Waals surface area contributed by atoms with Crippen LogP contribution in [-0.4, -0.2) is 69.8 Å². The van der Waals surface area contributed by atoms with Crippen LogP contribution < -0.4 is 16.0 Å². The lowest BCUT2D eigenvalue weighted by molar-refractivity contribution is -0.115. The molecule has 1 aromatic carbocycles. The van der Waals surface area contributed by atoms with Crippen LogP contribution in [0.4, 0.5) is 23.7 Å². The van der Waals surface area contributed by atoms with Crippen LogP contribution in [-0.2, 0) is 19.6 Å². The minimum absolute atomic E-state index is 0.190. The summed E-state index contributed by atoms with van der Waals surface area (Å²) in [4.78, 5) is 23.3. The molecule has 9 nitrogen and oxygen atoms in total. The molecule has 0 spiro atoms. The Labute approximate surface area is 159 Å². The molecule has 3 N–H and O–H groups in total. The van der Waals surface area contributed by atoms with Gasteiger partial charge in [0.2, 0.25) is 15.9 Å². The summed E-state index contributed by atoms with van der Waals surface area (Å²) in [5.74, 6) is -5.91. The number of nitrogens with one attached hydrogen (secondary N) is 3. The first-order valence-corrected chi connectivity index (χ1v) is 9.82. The number of anilines is 1. The predicted molar refractivity (Wildman–Crippen MR) is 92.5 cm³/mol. The molecule has 13 heteroatoms. The van der Waals surface area contributed by atoms with Gasteiger partial charge in [-0.05, 0) is 12.1 Å². The molecule has 2 rings (SSSR count). The van der Waals surface area contributed by atoms with Gasteiger partial charge in [0.1, 0.15) is 0 Å². The number of benzene rings is 1. The van der Waals surface area contributed by atoms with Crippen LogP contribution in [0.5, 0.6) is 0 Å². The van der Waals surface area contributed by atoms with Crippen LogP contribution in [0, 0.1) is 17.5 Å². The van der Waals surface area contributed by atoms with E-state index in [4.69, 9.17) is 4.74 Å². The van der Waals surface area contributed by atoms with Crippen molar-refractivity contribution in [3.63, 3.8) is 0 Å². The van der Waals surface area contributed by atoms with Gasteiger partial charge in [-0.2, -0.15) is 4.31 Å². The van der Waals surface area contributed by atoms with Crippen molar-refractivity contribution in [3.8, 4) is 0 Å². The van der Waals surface area contributed by atoms with Crippen LogP contribution >= 0.6 is 0 Å². The number of amides is 3. The van der Waals surface area contributed by atoms with E-state index in [2.05, 4.69) is 10.6 Å². The molecule has 1 saturated heterocycles. The highest BCUT2D eigenvalue weighted by Crippen LogP contribution is 2.19. The summed E-state index contributed by atoms with van der Waals surface area (Å²) in [5.41, 5.74) is -0.581. The Morgan fingerprint density at radius 3 is 2.43 bits per heavy atom. The first-order valence-electron chi connectivity index (χ1n) is 8.21. The number of sulfonamides is 1. The fraction of sp³-hybridized carbons (Fsp3) is 0.467. The third-order valence-corrected chi connectivity index (χ3v) is 5.60. The van der Waals surface area contributed by atoms with Gasteiger partial charge in [0, 0.05) is 19.6 Å². The molecule has 1 heterocycles. The van der Waals surface area contributed by atoms with Gasteiger partial charge in [-0.1, -0.05) is 0 Å². The Kier molecular flexibility index (Phi) is 7.60. The number of morpholine rings is 1. The molecule has 0 aromatic heterocycles. The summed E-state index contributed by atoms with van der Waals surface area (Å²) in [5, 5.41) is 6.39. The maximum Gasteiger partial charge on any atom is 0.315 e. The summed E-state index contributed by atoms with van der Waals surface area (Å²) in [6.07, 6.45) is 0. The van der Waals surface area contributed by atoms with E-state index in [1.54, 1.807) is 0 Å². The Balaban J connectivity index is 1.72. The molecule has 0 aliphatic carbocycles. The number of hydrogen-bond acceptors (Lipinski definition) is 5. The zero-order valence-corrected chi connectivity index (χ0v) is 15.5. The van der Waals surface area contributed by atoms with Crippen LogP contribution in [0.3, 0.4) is 0 Å². The molecule has 1 fully saturated rings. The molecule has 28 heavy (non-hydrogen) atoms. The first kappa shape index (κ1) is 21.9. The zero-order valence-electron chi connectivity index (χ0n) is 14.6. The van der Waals surface area contributed by atoms with E-state index in [0.29, 0.717) is 19.3 Å². The van der Waals surface area contributed by atoms with Gasteiger partial charge in [0.05, 0.1) is 31.2 Å². The van der Waals surface area contributed by atoms with Crippen LogP contribution in [0.2, 0.25) is 0 Å². The molecule has 1 aliphatic rings. The van der Waals surface area contributed by atoms with E-state index in [-0.39, 0.29) is 25.4 Å². The summed E-state index contributed by atoms with van der Waals surface area (Å²) in [6.45, 7) is 0.317. The second kappa shape index (κ2) is 9.71. The molecule has 0 unspecified atom stereocenters. The summed E-state index contributed by atoms with van der Waals surface area (Å²) in [6, 6.07) is 0.656. The van der Waals surface area contributed by atoms with Crippen LogP contribution in [0.25, 0.3) is 0 Å². The Morgan fingerprint density at radius 2 is 1.75 bits per heavy atom. The maximum absolute atomic E-state index is 13.5. The second-order valence-corrected chi connectivity index (χ2v) is 7.80. The number of rotatable bonds is 7. The van der Waals surface area contributed by atoms with Crippen molar-refractivity contribution in [2.45, 2.75) is 0 Å². The Hall–Kier alpha value is -2.38. The van der Waals surface area contributed by atoms with E-state index in [1.165, 1.54) is 4.31 Å². The monoisotopic (exact) mass is 424 g/mol. The molecular formula is C15H19F3N4O5S. The average molecular weight is 424 g/mol. The van der Waals surface area contributed by atoms with Gasteiger partial charge >= 0.3 is 6.03 Å². The first-order chi connectivity index (χ1) is 13.2. The van der Waals surface area contributed by atoms with Gasteiger partial charge in [0.25, 0.3) is 0 Å². The van der Waals surface area contributed by atoms with Crippen molar-refractivity contribution in [3.05, 3.63) is 29.6 Å². The topological polar surface area (TPSA) is 117 Å². The summed E-state index contributed by atoms with van der Waals surface area (Å²) >= 11 is 0. The van der Waals surface area contributed by atoms with Gasteiger partial charge in [-0.3, -0.25) is 4.79 Å². The second-order valence-electron chi connectivity index (χ2n) is 5.71. The van der Waals surface area contributed by atoms with Gasteiger partial charge in [-0.25, -0.2) is 26.4 Å². The molecular weight excluding hydrogens is 405 g/mol. The Bertz CT molecular complexity index is 831. The van der Waals surface area contributed by atoms with E-state index in [9.17, 15) is 31.2 Å². The Morgan fingerprint density at radius 1 is 1.07 bits per heavy atom. The lowest BCUT2D eigenvalue weighted by Gasteiger charge is -2.26. The fourth-order valence-corrected chi connectivity index (χ4v) is 3.61. The molecule has 1 aliphatic heterocycles. The quantitative estimate of drug-likeness (QED) is 0.533. The summed E-state index contributed by atoms with van der Waals surface area (Å²) < 4.78 is 69.8. The largest absolute Gasteiger partial charge is 0.379 e. The lowest BCUT2D eigenvalue weighted by Crippen LogP contribution is -2.45. The van der Waals surface area contributed by atoms with Crippen molar-refractivity contribution < 1.29 is 35.9 Å². The van der Waals surface area contributed by atoms with Gasteiger partial charge < -0.3 is 20.7 Å². The highest BCUT2D eigenvalue weighted by molar-refractivity contribution is 7.89. The number of urea groups is 1. The molecule has 0 atom stereocenters. The van der Waals surface area contributed by atoms with E-state index >= 15 is 0 Å². The van der Waals surface area contributed by atoms with Crippen LogP contribution in [0.15, 0.2) is 12.1 Å². The molecule has 0 radical (unpaired) electrons. The normalized spacial score (nSPS) is 15.1. The van der Waals surface area contributed by atoms with E-state index in [0.717, 1.165) is 6.07 Å². The number of ether oxygens (including phenoxy) is 1. The number of carbonyl (C=O) groups is 2. The molecule has 156 valence electrons. The maximum atomic E-state index is 13.5. The summed E-state index contributed by atoms with van der Waals surface area (Å²) in [7, 11) is -3.54. The van der Waals surface area contributed by atoms with Crippen molar-refractivity contribution in [1.29, 1.82) is 0 Å². The van der Waals surface area contributed by atoms with Gasteiger partial charge in [0.15, 0.2) is 17.5 Å². The number of nitrogens with zero attached hydrogens (tertiary/aromatic N) is 1. The van der Waals surface area contributed by atoms with Crippen molar-refractivity contribution in [2.24, 2.45) is 0 Å². The highest BCUT2D eigenvalue weighted by Gasteiger charge is 2.24. The molecule has 3 amide bonds. The third-order valence-electron chi connectivity index (χ3n) is 3.73. The standard InChI is InChI=1S/C15H19F3N4O5S/c16-10-1-2-11(14(18)13(10)17)21-12(23)9-20-15(24)19-3-8-28(25,26)22-4-6-27-7-5-22/h1-2H,3-9H2,(H,21,23)(H2,19,20,24). The number of carbonyl (C=O) groups excluding carboxylic acids is 2. The van der Waals surface area contributed by atoms with Crippen molar-refractivity contribution in [1.82, 2.24) is 14.9 Å². The number of halogens is 3. The smallest absolute Gasteiger partial charge is 0.315 e. The van der Waals surface area contributed by atoms with Crippen molar-refractivity contribution in [2.75, 3.05) is 50.5 Å². The zero-order chi connectivity index (χ0) is 20.7. The highest BCUT2D eigenvalue weighted by atomic mass is 32.2. The molecule has 1 aromatic rings. The van der Waals surface area contributed by atoms with E-state index in [1.807, 2.05) is 5.32 Å².